The first-order valence-electron chi connectivity index (χ1n) is 10.1. The van der Waals surface area contributed by atoms with Crippen molar-refractivity contribution in [2.45, 2.75) is 0 Å². The molecule has 0 N–H and O–H groups in total. The molecule has 0 saturated carbocycles. The van der Waals surface area contributed by atoms with Crippen LogP contribution in [0.5, 0.6) is 0 Å². The lowest BCUT2D eigenvalue weighted by molar-refractivity contribution is -0.285. The molecule has 0 aliphatic rings. The standard InChI is InChI=1S/C27H22NO3/c1-30-28(31-2,20-16-14-19(18-29)15-17-20)26-13-7-12-25-23-9-4-3-8-21(23)22-10-5-6-11-24(22)27(25)26/h3-18H,1-2H3/q+1. The van der Waals surface area contributed by atoms with E-state index in [-0.39, 0.29) is 4.81 Å². The minimum Gasteiger partial charge on any atom is -0.298 e. The molecular formula is C27H22NO3+. The molecule has 4 nitrogen and oxygen atoms in total. The van der Waals surface area contributed by atoms with Gasteiger partial charge in [0.25, 0.3) is 0 Å². The molecule has 31 heavy (non-hydrogen) atoms. The van der Waals surface area contributed by atoms with Gasteiger partial charge >= 0.3 is 0 Å². The summed E-state index contributed by atoms with van der Waals surface area (Å²) in [7, 11) is 3.25. The van der Waals surface area contributed by atoms with E-state index in [1.165, 1.54) is 16.2 Å². The van der Waals surface area contributed by atoms with Crippen LogP contribution in [-0.4, -0.2) is 20.5 Å². The lowest BCUT2D eigenvalue weighted by atomic mass is 9.93. The lowest BCUT2D eigenvalue weighted by Gasteiger charge is -2.30. The second kappa shape index (κ2) is 7.60. The van der Waals surface area contributed by atoms with Gasteiger partial charge in [-0.05, 0) is 39.1 Å². The Morgan fingerprint density at radius 1 is 0.613 bits per heavy atom. The first-order chi connectivity index (χ1) is 15.2. The number of hydrogen-bond donors (Lipinski definition) is 0. The third-order valence-electron chi connectivity index (χ3n) is 5.95. The summed E-state index contributed by atoms with van der Waals surface area (Å²) in [5.41, 5.74) is 2.23. The Kier molecular flexibility index (Phi) is 4.75. The molecule has 0 heterocycles. The van der Waals surface area contributed by atoms with E-state index < -0.39 is 0 Å². The molecule has 0 aliphatic carbocycles. The number of carbonyl (C=O) groups excluding carboxylic acids is 1. The number of rotatable bonds is 5. The molecule has 0 radical (unpaired) electrons. The molecule has 4 heteroatoms. The first kappa shape index (κ1) is 19.4. The Hall–Kier alpha value is -3.57. The SMILES string of the molecule is CO[N+](OC)(c1ccc(C=O)cc1)c1cccc2c3ccccc3c3ccccc3c12. The molecule has 0 atom stereocenters. The van der Waals surface area contributed by atoms with Gasteiger partial charge in [0, 0.05) is 28.6 Å². The van der Waals surface area contributed by atoms with Gasteiger partial charge in [0.1, 0.15) is 20.5 Å². The van der Waals surface area contributed by atoms with Crippen LogP contribution in [0.25, 0.3) is 32.3 Å². The van der Waals surface area contributed by atoms with Gasteiger partial charge in [0.15, 0.2) is 0 Å². The summed E-state index contributed by atoms with van der Waals surface area (Å²) in [6.07, 6.45) is 0.829. The Labute approximate surface area is 180 Å². The van der Waals surface area contributed by atoms with E-state index in [1.807, 2.05) is 24.3 Å². The van der Waals surface area contributed by atoms with Crippen molar-refractivity contribution in [3.63, 3.8) is 0 Å². The Balaban J connectivity index is 1.94. The summed E-state index contributed by atoms with van der Waals surface area (Å²) in [5.74, 6) is 0. The summed E-state index contributed by atoms with van der Waals surface area (Å²) < 4.78 is 0. The van der Waals surface area contributed by atoms with Gasteiger partial charge in [-0.2, -0.15) is 9.68 Å². The molecule has 0 aliphatic heterocycles. The van der Waals surface area contributed by atoms with Crippen LogP contribution < -0.4 is 4.81 Å². The van der Waals surface area contributed by atoms with Gasteiger partial charge in [-0.3, -0.25) is 4.79 Å². The van der Waals surface area contributed by atoms with Gasteiger partial charge in [-0.25, -0.2) is 0 Å². The molecule has 0 saturated heterocycles. The minimum absolute atomic E-state index is 0.265. The van der Waals surface area contributed by atoms with Crippen molar-refractivity contribution in [1.29, 1.82) is 0 Å². The van der Waals surface area contributed by atoms with Crippen molar-refractivity contribution in [3.05, 3.63) is 96.6 Å². The predicted molar refractivity (Wildman–Crippen MR) is 126 cm³/mol. The maximum absolute atomic E-state index is 11.2. The molecule has 5 aromatic carbocycles. The minimum atomic E-state index is -0.265. The van der Waals surface area contributed by atoms with E-state index in [0.29, 0.717) is 5.56 Å². The van der Waals surface area contributed by atoms with Crippen LogP contribution in [0.1, 0.15) is 10.4 Å². The van der Waals surface area contributed by atoms with E-state index in [9.17, 15) is 4.79 Å². The summed E-state index contributed by atoms with van der Waals surface area (Å²) in [6.45, 7) is 0. The Bertz CT molecular complexity index is 1370. The van der Waals surface area contributed by atoms with Crippen LogP contribution in [-0.2, 0) is 9.68 Å². The highest BCUT2D eigenvalue weighted by atomic mass is 17.0. The lowest BCUT2D eigenvalue weighted by Crippen LogP contribution is -2.42. The molecule has 0 unspecified atom stereocenters. The molecule has 0 amide bonds. The van der Waals surface area contributed by atoms with E-state index in [4.69, 9.17) is 9.68 Å². The molecule has 0 spiro atoms. The number of quaternary nitrogens is 1. The number of fused-ring (bicyclic) bond motifs is 6. The van der Waals surface area contributed by atoms with Crippen LogP contribution >= 0.6 is 0 Å². The zero-order chi connectivity index (χ0) is 21.4. The second-order valence-corrected chi connectivity index (χ2v) is 7.42. The van der Waals surface area contributed by atoms with E-state index in [1.54, 1.807) is 26.4 Å². The van der Waals surface area contributed by atoms with Crippen LogP contribution in [0.3, 0.4) is 0 Å². The average Bonchev–Trinajstić information content (AvgIpc) is 2.85. The highest BCUT2D eigenvalue weighted by Crippen LogP contribution is 2.45. The van der Waals surface area contributed by atoms with Crippen LogP contribution in [0.15, 0.2) is 91.0 Å². The van der Waals surface area contributed by atoms with Crippen LogP contribution in [0.2, 0.25) is 0 Å². The highest BCUT2D eigenvalue weighted by Gasteiger charge is 2.39. The molecule has 0 fully saturated rings. The molecule has 5 rings (SSSR count). The van der Waals surface area contributed by atoms with E-state index in [0.717, 1.165) is 33.8 Å². The van der Waals surface area contributed by atoms with Crippen LogP contribution in [0.4, 0.5) is 11.4 Å². The fourth-order valence-electron chi connectivity index (χ4n) is 4.55. The monoisotopic (exact) mass is 408 g/mol. The van der Waals surface area contributed by atoms with Crippen molar-refractivity contribution in [2.75, 3.05) is 14.2 Å². The van der Waals surface area contributed by atoms with Crippen molar-refractivity contribution >= 4 is 50.0 Å². The fraction of sp³-hybridized carbons (Fsp3) is 0.0741. The third-order valence-corrected chi connectivity index (χ3v) is 5.95. The largest absolute Gasteiger partial charge is 0.298 e. The molecule has 152 valence electrons. The van der Waals surface area contributed by atoms with Crippen molar-refractivity contribution in [2.24, 2.45) is 0 Å². The number of aldehydes is 1. The molecule has 5 aromatic rings. The number of benzene rings is 5. The molecule has 0 bridgehead atoms. The van der Waals surface area contributed by atoms with Gasteiger partial charge in [0.05, 0.1) is 5.39 Å². The van der Waals surface area contributed by atoms with Gasteiger partial charge < -0.3 is 0 Å². The quantitative estimate of drug-likeness (QED) is 0.140. The topological polar surface area (TPSA) is 35.5 Å². The van der Waals surface area contributed by atoms with Crippen molar-refractivity contribution in [3.8, 4) is 0 Å². The fourth-order valence-corrected chi connectivity index (χ4v) is 4.55. The van der Waals surface area contributed by atoms with Gasteiger partial charge in [-0.1, -0.05) is 60.7 Å². The normalized spacial score (nSPS) is 11.9. The Morgan fingerprint density at radius 3 is 1.61 bits per heavy atom. The zero-order valence-electron chi connectivity index (χ0n) is 17.4. The first-order valence-corrected chi connectivity index (χ1v) is 10.1. The number of carbonyl (C=O) groups is 1. The number of nitrogens with zero attached hydrogens (tertiary/aromatic N) is 1. The second-order valence-electron chi connectivity index (χ2n) is 7.42. The smallest absolute Gasteiger partial charge is 0.214 e. The van der Waals surface area contributed by atoms with Gasteiger partial charge in [0.2, 0.25) is 11.4 Å². The summed E-state index contributed by atoms with van der Waals surface area (Å²) in [4.78, 5) is 22.9. The highest BCUT2D eigenvalue weighted by molar-refractivity contribution is 6.28. The maximum atomic E-state index is 11.2. The molecule has 0 aromatic heterocycles. The Morgan fingerprint density at radius 2 is 1.10 bits per heavy atom. The van der Waals surface area contributed by atoms with E-state index >= 15 is 0 Å². The van der Waals surface area contributed by atoms with Gasteiger partial charge in [-0.15, -0.1) is 0 Å². The maximum Gasteiger partial charge on any atom is 0.214 e. The van der Waals surface area contributed by atoms with Crippen LogP contribution in [0, 0.1) is 0 Å². The van der Waals surface area contributed by atoms with E-state index in [2.05, 4.69) is 54.6 Å². The summed E-state index contributed by atoms with van der Waals surface area (Å²) >= 11 is 0. The zero-order valence-corrected chi connectivity index (χ0v) is 17.4. The van der Waals surface area contributed by atoms with Crippen molar-refractivity contribution < 1.29 is 14.5 Å². The summed E-state index contributed by atoms with van der Waals surface area (Å²) in [5, 5.41) is 6.91. The summed E-state index contributed by atoms with van der Waals surface area (Å²) in [6, 6.07) is 30.3. The average molecular weight is 408 g/mol. The third kappa shape index (κ3) is 2.85. The molecular weight excluding hydrogens is 386 g/mol. The predicted octanol–water partition coefficient (Wildman–Crippen LogP) is 6.72. The van der Waals surface area contributed by atoms with Crippen molar-refractivity contribution in [1.82, 2.24) is 4.81 Å². The number of hydrogen-bond acceptors (Lipinski definition) is 3.